The van der Waals surface area contributed by atoms with Crippen molar-refractivity contribution in [3.8, 4) is 0 Å². The molecule has 0 radical (unpaired) electrons. The number of pyridine rings is 1. The van der Waals surface area contributed by atoms with Gasteiger partial charge in [0.15, 0.2) is 0 Å². The number of rotatable bonds is 5. The van der Waals surface area contributed by atoms with Crippen molar-refractivity contribution in [2.45, 2.75) is 13.0 Å². The summed E-state index contributed by atoms with van der Waals surface area (Å²) in [6.07, 6.45) is 6.43. The molecule has 0 aliphatic carbocycles. The van der Waals surface area contributed by atoms with Crippen LogP contribution in [-0.4, -0.2) is 45.6 Å². The second kappa shape index (κ2) is 7.03. The first kappa shape index (κ1) is 15.8. The predicted octanol–water partition coefficient (Wildman–Crippen LogP) is 2.21. The number of amides is 1. The maximum Gasteiger partial charge on any atom is 0.256 e. The monoisotopic (exact) mass is 335 g/mol. The first-order valence-electron chi connectivity index (χ1n) is 8.62. The van der Waals surface area contributed by atoms with E-state index in [2.05, 4.69) is 20.5 Å². The zero-order valence-electron chi connectivity index (χ0n) is 14.0. The van der Waals surface area contributed by atoms with Gasteiger partial charge in [-0.3, -0.25) is 14.9 Å². The highest BCUT2D eigenvalue weighted by molar-refractivity contribution is 6.05. The minimum absolute atomic E-state index is 0.0330. The zero-order valence-corrected chi connectivity index (χ0v) is 14.0. The Morgan fingerprint density at radius 3 is 3.00 bits per heavy atom. The number of carbonyl (C=O) groups excluding carboxylic acids is 1. The van der Waals surface area contributed by atoms with Gasteiger partial charge in [0.05, 0.1) is 17.3 Å². The van der Waals surface area contributed by atoms with E-state index in [-0.39, 0.29) is 5.91 Å². The van der Waals surface area contributed by atoms with Crippen LogP contribution in [0.1, 0.15) is 22.3 Å². The average Bonchev–Trinajstić information content (AvgIpc) is 3.32. The van der Waals surface area contributed by atoms with Crippen molar-refractivity contribution in [2.24, 2.45) is 5.92 Å². The van der Waals surface area contributed by atoms with Crippen molar-refractivity contribution in [1.82, 2.24) is 25.4 Å². The van der Waals surface area contributed by atoms with Gasteiger partial charge in [-0.15, -0.1) is 0 Å². The number of aromatic nitrogens is 3. The second-order valence-corrected chi connectivity index (χ2v) is 6.55. The molecule has 4 rings (SSSR count). The topological polar surface area (TPSA) is 73.9 Å². The molecular weight excluding hydrogens is 314 g/mol. The number of carbonyl (C=O) groups is 1. The molecule has 3 aromatic rings. The number of hydrogen-bond acceptors (Lipinski definition) is 4. The lowest BCUT2D eigenvalue weighted by molar-refractivity contribution is 0.0720. The van der Waals surface area contributed by atoms with Crippen molar-refractivity contribution >= 4 is 16.8 Å². The maximum atomic E-state index is 13.3. The van der Waals surface area contributed by atoms with Crippen LogP contribution in [0.25, 0.3) is 10.9 Å². The largest absolute Gasteiger partial charge is 0.334 e. The van der Waals surface area contributed by atoms with E-state index < -0.39 is 0 Å². The molecule has 2 aromatic heterocycles. The third-order valence-electron chi connectivity index (χ3n) is 4.73. The molecule has 128 valence electrons. The predicted molar refractivity (Wildman–Crippen MR) is 96.0 cm³/mol. The number of fused-ring (bicyclic) bond motifs is 1. The van der Waals surface area contributed by atoms with E-state index in [0.29, 0.717) is 18.0 Å². The normalized spacial score (nSPS) is 17.0. The first-order valence-corrected chi connectivity index (χ1v) is 8.62. The van der Waals surface area contributed by atoms with E-state index >= 15 is 0 Å². The smallest absolute Gasteiger partial charge is 0.256 e. The van der Waals surface area contributed by atoms with Gasteiger partial charge in [0.1, 0.15) is 0 Å². The van der Waals surface area contributed by atoms with Crippen molar-refractivity contribution < 1.29 is 4.79 Å². The first-order chi connectivity index (χ1) is 12.3. The SMILES string of the molecule is O=C(c1cccc2cn[nH]c12)N(Cc1cccnc1)C[C@H]1CCNC1. The van der Waals surface area contributed by atoms with Gasteiger partial charge in [0, 0.05) is 30.9 Å². The molecule has 1 saturated heterocycles. The number of benzene rings is 1. The fraction of sp³-hybridized carbons (Fsp3) is 0.316. The standard InChI is InChI=1S/C19H21N5O/c25-19(17-5-1-4-16-11-22-23-18(16)17)24(13-15-6-8-21-10-15)12-14-3-2-7-20-9-14/h1-5,7,9,11,15,21H,6,8,10,12-13H2,(H,22,23)/t15-/m0/s1. The van der Waals surface area contributed by atoms with Crippen LogP contribution in [0.15, 0.2) is 48.9 Å². The molecule has 2 N–H and O–H groups in total. The maximum absolute atomic E-state index is 13.3. The molecule has 1 aliphatic heterocycles. The fourth-order valence-corrected chi connectivity index (χ4v) is 3.43. The van der Waals surface area contributed by atoms with Crippen molar-refractivity contribution in [3.63, 3.8) is 0 Å². The Bertz CT molecular complexity index is 854. The molecule has 1 aliphatic rings. The van der Waals surface area contributed by atoms with Gasteiger partial charge >= 0.3 is 0 Å². The van der Waals surface area contributed by atoms with Crippen LogP contribution in [0.5, 0.6) is 0 Å². The Morgan fingerprint density at radius 2 is 2.20 bits per heavy atom. The summed E-state index contributed by atoms with van der Waals surface area (Å²) in [5.41, 5.74) is 2.51. The van der Waals surface area contributed by atoms with Gasteiger partial charge in [0.25, 0.3) is 5.91 Å². The molecule has 0 saturated carbocycles. The molecule has 1 amide bonds. The number of aromatic amines is 1. The van der Waals surface area contributed by atoms with Gasteiger partial charge in [-0.2, -0.15) is 5.10 Å². The van der Waals surface area contributed by atoms with Gasteiger partial charge in [0.2, 0.25) is 0 Å². The summed E-state index contributed by atoms with van der Waals surface area (Å²) in [4.78, 5) is 19.4. The molecule has 6 heteroatoms. The van der Waals surface area contributed by atoms with Gasteiger partial charge in [-0.1, -0.05) is 18.2 Å². The highest BCUT2D eigenvalue weighted by Gasteiger charge is 2.24. The number of nitrogens with zero attached hydrogens (tertiary/aromatic N) is 3. The Balaban J connectivity index is 1.63. The van der Waals surface area contributed by atoms with Crippen LogP contribution in [0.2, 0.25) is 0 Å². The average molecular weight is 335 g/mol. The van der Waals surface area contributed by atoms with E-state index in [9.17, 15) is 4.79 Å². The molecular formula is C19H21N5O. The summed E-state index contributed by atoms with van der Waals surface area (Å²) in [5, 5.41) is 11.4. The molecule has 0 spiro atoms. The lowest BCUT2D eigenvalue weighted by atomic mass is 10.1. The van der Waals surface area contributed by atoms with Crippen LogP contribution in [0.3, 0.4) is 0 Å². The molecule has 1 fully saturated rings. The summed E-state index contributed by atoms with van der Waals surface area (Å²) >= 11 is 0. The second-order valence-electron chi connectivity index (χ2n) is 6.55. The lowest BCUT2D eigenvalue weighted by Gasteiger charge is -2.26. The van der Waals surface area contributed by atoms with Crippen LogP contribution in [0.4, 0.5) is 0 Å². The van der Waals surface area contributed by atoms with Crippen LogP contribution in [0, 0.1) is 5.92 Å². The summed E-state index contributed by atoms with van der Waals surface area (Å²) in [6, 6.07) is 9.65. The Kier molecular flexibility index (Phi) is 4.43. The zero-order chi connectivity index (χ0) is 17.1. The molecule has 0 unspecified atom stereocenters. The number of para-hydroxylation sites is 1. The van der Waals surface area contributed by atoms with E-state index in [1.807, 2.05) is 41.4 Å². The number of hydrogen-bond donors (Lipinski definition) is 2. The Morgan fingerprint density at radius 1 is 1.24 bits per heavy atom. The Hall–Kier alpha value is -2.73. The summed E-state index contributed by atoms with van der Waals surface area (Å²) in [6.45, 7) is 3.29. The minimum atomic E-state index is 0.0330. The third-order valence-corrected chi connectivity index (χ3v) is 4.73. The fourth-order valence-electron chi connectivity index (χ4n) is 3.43. The van der Waals surface area contributed by atoms with Gasteiger partial charge in [-0.25, -0.2) is 0 Å². The van der Waals surface area contributed by atoms with Gasteiger partial charge < -0.3 is 10.2 Å². The van der Waals surface area contributed by atoms with E-state index in [1.54, 1.807) is 12.4 Å². The number of H-pyrrole nitrogens is 1. The molecule has 3 heterocycles. The van der Waals surface area contributed by atoms with Crippen molar-refractivity contribution in [3.05, 3.63) is 60.0 Å². The van der Waals surface area contributed by atoms with Crippen LogP contribution >= 0.6 is 0 Å². The summed E-state index contributed by atoms with van der Waals surface area (Å²) < 4.78 is 0. The molecule has 6 nitrogen and oxygen atoms in total. The summed E-state index contributed by atoms with van der Waals surface area (Å²) in [7, 11) is 0. The van der Waals surface area contributed by atoms with E-state index in [0.717, 1.165) is 42.5 Å². The molecule has 25 heavy (non-hydrogen) atoms. The molecule has 1 aromatic carbocycles. The number of nitrogens with one attached hydrogen (secondary N) is 2. The van der Waals surface area contributed by atoms with Crippen molar-refractivity contribution in [1.29, 1.82) is 0 Å². The van der Waals surface area contributed by atoms with Crippen LogP contribution in [-0.2, 0) is 6.54 Å². The summed E-state index contributed by atoms with van der Waals surface area (Å²) in [5.74, 6) is 0.521. The lowest BCUT2D eigenvalue weighted by Crippen LogP contribution is -2.35. The van der Waals surface area contributed by atoms with E-state index in [4.69, 9.17) is 0 Å². The van der Waals surface area contributed by atoms with E-state index in [1.165, 1.54) is 0 Å². The quantitative estimate of drug-likeness (QED) is 0.750. The molecule has 0 bridgehead atoms. The minimum Gasteiger partial charge on any atom is -0.334 e. The highest BCUT2D eigenvalue weighted by atomic mass is 16.2. The third kappa shape index (κ3) is 3.39. The van der Waals surface area contributed by atoms with Gasteiger partial charge in [-0.05, 0) is 43.1 Å². The molecule has 1 atom stereocenters. The van der Waals surface area contributed by atoms with Crippen LogP contribution < -0.4 is 5.32 Å². The van der Waals surface area contributed by atoms with Crippen molar-refractivity contribution in [2.75, 3.05) is 19.6 Å². The highest BCUT2D eigenvalue weighted by Crippen LogP contribution is 2.20. The Labute approximate surface area is 146 Å².